The average molecular weight is 338 g/mol. The Kier molecular flexibility index (Phi) is 5.87. The molecule has 0 aromatic heterocycles. The smallest absolute Gasteiger partial charge is 0.322 e. The van der Waals surface area contributed by atoms with Crippen molar-refractivity contribution in [3.63, 3.8) is 0 Å². The van der Waals surface area contributed by atoms with Gasteiger partial charge in [-0.1, -0.05) is 13.3 Å². The quantitative estimate of drug-likeness (QED) is 0.601. The number of benzene rings is 1. The van der Waals surface area contributed by atoms with E-state index in [0.717, 1.165) is 19.0 Å². The zero-order valence-corrected chi connectivity index (χ0v) is 13.8. The number of hydrazine groups is 1. The number of carbonyl (C=O) groups excluding carboxylic acids is 1. The summed E-state index contributed by atoms with van der Waals surface area (Å²) in [7, 11) is 1.92. The number of aliphatic carboxylic acids is 1. The van der Waals surface area contributed by atoms with Crippen LogP contribution in [0.15, 0.2) is 18.2 Å². The molecule has 5 N–H and O–H groups in total. The van der Waals surface area contributed by atoms with Crippen LogP contribution in [0.2, 0.25) is 0 Å². The number of carboxylic acids is 1. The Hall–Kier alpha value is -2.03. The second-order valence-corrected chi connectivity index (χ2v) is 6.08. The van der Waals surface area contributed by atoms with Crippen LogP contribution in [0.3, 0.4) is 0 Å². The summed E-state index contributed by atoms with van der Waals surface area (Å²) in [6.07, 6.45) is 0.924. The number of hydrogen-bond donors (Lipinski definition) is 4. The van der Waals surface area contributed by atoms with Crippen LogP contribution < -0.4 is 16.5 Å². The van der Waals surface area contributed by atoms with Gasteiger partial charge < -0.3 is 16.2 Å². The molecule has 2 unspecified atom stereocenters. The number of halogens is 1. The van der Waals surface area contributed by atoms with Gasteiger partial charge in [-0.15, -0.1) is 0 Å². The van der Waals surface area contributed by atoms with E-state index in [1.54, 1.807) is 6.07 Å². The van der Waals surface area contributed by atoms with Gasteiger partial charge in [0.2, 0.25) is 0 Å². The largest absolute Gasteiger partial charge is 0.480 e. The van der Waals surface area contributed by atoms with E-state index >= 15 is 0 Å². The van der Waals surface area contributed by atoms with Crippen molar-refractivity contribution in [2.45, 2.75) is 25.4 Å². The number of nitrogens with two attached hydrogens (primary N) is 1. The Balaban J connectivity index is 2.16. The van der Waals surface area contributed by atoms with Crippen molar-refractivity contribution in [2.24, 2.45) is 11.7 Å². The summed E-state index contributed by atoms with van der Waals surface area (Å²) in [5, 5.41) is 13.1. The minimum Gasteiger partial charge on any atom is -0.480 e. The predicted molar refractivity (Wildman–Crippen MR) is 86.6 cm³/mol. The number of rotatable bonds is 6. The fourth-order valence-corrected chi connectivity index (χ4v) is 2.88. The number of nitrogens with one attached hydrogen (secondary N) is 2. The lowest BCUT2D eigenvalue weighted by molar-refractivity contribution is -0.138. The highest BCUT2D eigenvalue weighted by molar-refractivity contribution is 5.94. The minimum atomic E-state index is -1.21. The number of carboxylic acid groups (broad SMARTS) is 1. The average Bonchev–Trinajstić information content (AvgIpc) is 2.92. The van der Waals surface area contributed by atoms with Crippen molar-refractivity contribution in [1.82, 2.24) is 15.8 Å². The van der Waals surface area contributed by atoms with Crippen LogP contribution in [0.4, 0.5) is 4.39 Å². The highest BCUT2D eigenvalue weighted by Crippen LogP contribution is 2.31. The summed E-state index contributed by atoms with van der Waals surface area (Å²) >= 11 is 0. The summed E-state index contributed by atoms with van der Waals surface area (Å²) in [6, 6.07) is 2.91. The summed E-state index contributed by atoms with van der Waals surface area (Å²) in [5.74, 6) is -1.95. The number of nitrogens with zero attached hydrogens (tertiary/aromatic N) is 1. The van der Waals surface area contributed by atoms with Crippen LogP contribution in [-0.4, -0.2) is 48.2 Å². The Morgan fingerprint density at radius 3 is 2.83 bits per heavy atom. The van der Waals surface area contributed by atoms with Crippen LogP contribution in [0, 0.1) is 11.7 Å². The van der Waals surface area contributed by atoms with Gasteiger partial charge in [0, 0.05) is 25.7 Å². The van der Waals surface area contributed by atoms with E-state index in [-0.39, 0.29) is 18.2 Å². The first-order chi connectivity index (χ1) is 11.3. The highest BCUT2D eigenvalue weighted by atomic mass is 19.1. The highest BCUT2D eigenvalue weighted by Gasteiger charge is 2.31. The second-order valence-electron chi connectivity index (χ2n) is 6.08. The third-order valence-corrected chi connectivity index (χ3v) is 4.20. The Labute approximate surface area is 140 Å². The molecule has 1 fully saturated rings. The lowest BCUT2D eigenvalue weighted by Gasteiger charge is -2.19. The summed E-state index contributed by atoms with van der Waals surface area (Å²) in [4.78, 5) is 22.8. The molecule has 0 radical (unpaired) electrons. The molecule has 1 amide bonds. The van der Waals surface area contributed by atoms with Crippen molar-refractivity contribution in [2.75, 3.05) is 20.1 Å². The van der Waals surface area contributed by atoms with E-state index in [4.69, 9.17) is 10.8 Å². The van der Waals surface area contributed by atoms with Crippen LogP contribution in [0.1, 0.15) is 35.3 Å². The molecule has 1 heterocycles. The number of hydrogen-bond acceptors (Lipinski definition) is 5. The van der Waals surface area contributed by atoms with Gasteiger partial charge in [0.05, 0.1) is 6.04 Å². The molecule has 1 aliphatic heterocycles. The van der Waals surface area contributed by atoms with E-state index in [1.807, 2.05) is 12.1 Å². The molecule has 0 saturated carbocycles. The minimum absolute atomic E-state index is 0.0662. The first-order valence-corrected chi connectivity index (χ1v) is 7.86. The van der Waals surface area contributed by atoms with Gasteiger partial charge in [0.15, 0.2) is 0 Å². The van der Waals surface area contributed by atoms with E-state index < -0.39 is 23.7 Å². The van der Waals surface area contributed by atoms with Crippen LogP contribution in [-0.2, 0) is 4.79 Å². The lowest BCUT2D eigenvalue weighted by atomic mass is 9.91. The number of amides is 1. The second kappa shape index (κ2) is 7.69. The normalized spacial score (nSPS) is 22.3. The zero-order valence-electron chi connectivity index (χ0n) is 13.8. The third kappa shape index (κ3) is 4.28. The van der Waals surface area contributed by atoms with Crippen LogP contribution in [0.5, 0.6) is 0 Å². The molecule has 132 valence electrons. The molecule has 24 heavy (non-hydrogen) atoms. The van der Waals surface area contributed by atoms with E-state index in [1.165, 1.54) is 6.07 Å². The van der Waals surface area contributed by atoms with E-state index in [2.05, 4.69) is 17.7 Å². The number of carbonyl (C=O) groups is 2. The molecule has 0 bridgehead atoms. The van der Waals surface area contributed by atoms with Gasteiger partial charge in [-0.05, 0) is 29.7 Å². The Morgan fingerprint density at radius 1 is 1.50 bits per heavy atom. The van der Waals surface area contributed by atoms with Gasteiger partial charge in [0.25, 0.3) is 5.91 Å². The molecular formula is C16H23FN4O3. The molecule has 2 rings (SSSR count). The van der Waals surface area contributed by atoms with Gasteiger partial charge in [-0.3, -0.25) is 9.59 Å². The molecule has 1 aromatic rings. The van der Waals surface area contributed by atoms with Crippen LogP contribution >= 0.6 is 0 Å². The maximum atomic E-state index is 14.0. The fourth-order valence-electron chi connectivity index (χ4n) is 2.88. The molecule has 1 saturated heterocycles. The summed E-state index contributed by atoms with van der Waals surface area (Å²) < 4.78 is 14.0. The predicted octanol–water partition coefficient (Wildman–Crippen LogP) is 0.485. The van der Waals surface area contributed by atoms with Crippen molar-refractivity contribution in [3.05, 3.63) is 35.1 Å². The molecule has 8 heteroatoms. The van der Waals surface area contributed by atoms with Crippen molar-refractivity contribution in [3.8, 4) is 0 Å². The van der Waals surface area contributed by atoms with Gasteiger partial charge in [-0.2, -0.15) is 0 Å². The van der Waals surface area contributed by atoms with Crippen LogP contribution in [0.25, 0.3) is 0 Å². The lowest BCUT2D eigenvalue weighted by Crippen LogP contribution is -2.42. The van der Waals surface area contributed by atoms with Crippen molar-refractivity contribution >= 4 is 11.9 Å². The van der Waals surface area contributed by atoms with Gasteiger partial charge in [0.1, 0.15) is 11.9 Å². The summed E-state index contributed by atoms with van der Waals surface area (Å²) in [6.45, 7) is 2.69. The topological polar surface area (TPSA) is 108 Å². The Morgan fingerprint density at radius 2 is 2.21 bits per heavy atom. The van der Waals surface area contributed by atoms with Crippen molar-refractivity contribution < 1.29 is 19.1 Å². The maximum Gasteiger partial charge on any atom is 0.322 e. The standard InChI is InChI=1S/C16H23FN4O3/c1-3-9-8-21(2)20-14(9)10-4-11(6-12(17)5-10)15(22)19-7-13(18)16(23)24/h4-6,9,13-14,20H,3,7-8,18H2,1-2H3,(H,19,22)(H,23,24)/t9?,13-,14?/m1/s1. The summed E-state index contributed by atoms with van der Waals surface area (Å²) in [5.41, 5.74) is 9.46. The zero-order chi connectivity index (χ0) is 17.9. The van der Waals surface area contributed by atoms with E-state index in [9.17, 15) is 14.0 Å². The monoisotopic (exact) mass is 338 g/mol. The molecule has 3 atom stereocenters. The molecular weight excluding hydrogens is 315 g/mol. The molecule has 7 nitrogen and oxygen atoms in total. The fraction of sp³-hybridized carbons (Fsp3) is 0.500. The maximum absolute atomic E-state index is 14.0. The first-order valence-electron chi connectivity index (χ1n) is 7.86. The third-order valence-electron chi connectivity index (χ3n) is 4.20. The molecule has 0 spiro atoms. The first kappa shape index (κ1) is 18.3. The molecule has 1 aliphatic rings. The molecule has 1 aromatic carbocycles. The van der Waals surface area contributed by atoms with Gasteiger partial charge in [-0.25, -0.2) is 14.8 Å². The van der Waals surface area contributed by atoms with E-state index in [0.29, 0.717) is 11.5 Å². The SMILES string of the molecule is CCC1CN(C)NC1c1cc(F)cc(C(=O)NC[C@@H](N)C(=O)O)c1. The Bertz CT molecular complexity index is 625. The van der Waals surface area contributed by atoms with Crippen molar-refractivity contribution in [1.29, 1.82) is 0 Å². The van der Waals surface area contributed by atoms with Gasteiger partial charge >= 0.3 is 5.97 Å². The molecule has 0 aliphatic carbocycles.